The molecule has 0 atom stereocenters. The highest BCUT2D eigenvalue weighted by atomic mass is 16.2. The van der Waals surface area contributed by atoms with Crippen LogP contribution < -0.4 is 5.73 Å². The van der Waals surface area contributed by atoms with Crippen LogP contribution in [-0.4, -0.2) is 32.6 Å². The Bertz CT molecular complexity index is 527. The molecule has 0 saturated carbocycles. The SMILES string of the molecule is CN(Cc1cnn(C)c1)C(=O)c1cc(N)c[nH]1. The molecule has 2 aromatic heterocycles. The Kier molecular flexibility index (Phi) is 2.86. The fourth-order valence-corrected chi connectivity index (χ4v) is 1.64. The molecule has 0 saturated heterocycles. The molecule has 0 bridgehead atoms. The third-order valence-corrected chi connectivity index (χ3v) is 2.46. The Labute approximate surface area is 99.0 Å². The van der Waals surface area contributed by atoms with Crippen molar-refractivity contribution in [2.75, 3.05) is 12.8 Å². The monoisotopic (exact) mass is 233 g/mol. The van der Waals surface area contributed by atoms with Gasteiger partial charge in [0, 0.05) is 44.3 Å². The second-order valence-corrected chi connectivity index (χ2v) is 4.03. The molecule has 90 valence electrons. The van der Waals surface area contributed by atoms with E-state index in [1.165, 1.54) is 0 Å². The van der Waals surface area contributed by atoms with E-state index in [1.807, 2.05) is 13.2 Å². The minimum absolute atomic E-state index is 0.0921. The molecule has 0 unspecified atom stereocenters. The average molecular weight is 233 g/mol. The van der Waals surface area contributed by atoms with Gasteiger partial charge in [-0.1, -0.05) is 0 Å². The van der Waals surface area contributed by atoms with E-state index >= 15 is 0 Å². The van der Waals surface area contributed by atoms with E-state index in [0.29, 0.717) is 17.9 Å². The third-order valence-electron chi connectivity index (χ3n) is 2.46. The number of nitrogens with two attached hydrogens (primary N) is 1. The number of rotatable bonds is 3. The molecule has 0 aromatic carbocycles. The second-order valence-electron chi connectivity index (χ2n) is 4.03. The quantitative estimate of drug-likeness (QED) is 0.814. The zero-order chi connectivity index (χ0) is 12.4. The lowest BCUT2D eigenvalue weighted by molar-refractivity contribution is 0.0780. The van der Waals surface area contributed by atoms with Gasteiger partial charge >= 0.3 is 0 Å². The number of hydrogen-bond acceptors (Lipinski definition) is 3. The fourth-order valence-electron chi connectivity index (χ4n) is 1.64. The van der Waals surface area contributed by atoms with Gasteiger partial charge in [-0.15, -0.1) is 0 Å². The molecular weight excluding hydrogens is 218 g/mol. The first-order valence-corrected chi connectivity index (χ1v) is 5.23. The number of amides is 1. The molecule has 2 aromatic rings. The molecule has 3 N–H and O–H groups in total. The summed E-state index contributed by atoms with van der Waals surface area (Å²) >= 11 is 0. The highest BCUT2D eigenvalue weighted by Gasteiger charge is 2.14. The molecule has 6 heteroatoms. The van der Waals surface area contributed by atoms with E-state index in [2.05, 4.69) is 10.1 Å². The van der Waals surface area contributed by atoms with Crippen LogP contribution in [0.5, 0.6) is 0 Å². The number of aromatic amines is 1. The second kappa shape index (κ2) is 4.32. The summed E-state index contributed by atoms with van der Waals surface area (Å²) in [7, 11) is 3.59. The predicted octanol–water partition coefficient (Wildman–Crippen LogP) is 0.603. The van der Waals surface area contributed by atoms with E-state index in [0.717, 1.165) is 5.56 Å². The van der Waals surface area contributed by atoms with Crippen LogP contribution in [0.1, 0.15) is 16.1 Å². The molecular formula is C11H15N5O. The number of anilines is 1. The van der Waals surface area contributed by atoms with Crippen LogP contribution in [0.25, 0.3) is 0 Å². The maximum atomic E-state index is 12.0. The molecule has 0 spiro atoms. The summed E-state index contributed by atoms with van der Waals surface area (Å²) in [5.74, 6) is -0.0921. The minimum Gasteiger partial charge on any atom is -0.397 e. The average Bonchev–Trinajstić information content (AvgIpc) is 2.87. The van der Waals surface area contributed by atoms with Crippen molar-refractivity contribution in [2.24, 2.45) is 7.05 Å². The Morgan fingerprint density at radius 1 is 1.65 bits per heavy atom. The molecule has 1 amide bonds. The summed E-state index contributed by atoms with van der Waals surface area (Å²) in [6, 6.07) is 1.63. The van der Waals surface area contributed by atoms with Crippen molar-refractivity contribution in [1.82, 2.24) is 19.7 Å². The largest absolute Gasteiger partial charge is 0.397 e. The summed E-state index contributed by atoms with van der Waals surface area (Å²) in [5.41, 5.74) is 7.60. The van der Waals surface area contributed by atoms with Crippen molar-refractivity contribution in [3.8, 4) is 0 Å². The maximum absolute atomic E-state index is 12.0. The van der Waals surface area contributed by atoms with E-state index in [9.17, 15) is 4.79 Å². The molecule has 0 radical (unpaired) electrons. The summed E-state index contributed by atoms with van der Waals surface area (Å²) in [5, 5.41) is 4.06. The minimum atomic E-state index is -0.0921. The number of aromatic nitrogens is 3. The maximum Gasteiger partial charge on any atom is 0.270 e. The standard InChI is InChI=1S/C11H15N5O/c1-15(6-8-4-14-16(2)7-8)11(17)10-3-9(12)5-13-10/h3-5,7,13H,6,12H2,1-2H3. The Balaban J connectivity index is 2.05. The highest BCUT2D eigenvalue weighted by Crippen LogP contribution is 2.09. The van der Waals surface area contributed by atoms with Gasteiger partial charge in [0.15, 0.2) is 0 Å². The van der Waals surface area contributed by atoms with Gasteiger partial charge in [0.1, 0.15) is 5.69 Å². The number of H-pyrrole nitrogens is 1. The van der Waals surface area contributed by atoms with Gasteiger partial charge in [-0.2, -0.15) is 5.10 Å². The lowest BCUT2D eigenvalue weighted by atomic mass is 10.3. The topological polar surface area (TPSA) is 79.9 Å². The first kappa shape index (κ1) is 11.3. The first-order valence-electron chi connectivity index (χ1n) is 5.23. The van der Waals surface area contributed by atoms with Crippen LogP contribution in [0, 0.1) is 0 Å². The van der Waals surface area contributed by atoms with Gasteiger partial charge in [0.05, 0.1) is 6.20 Å². The van der Waals surface area contributed by atoms with Gasteiger partial charge in [0.2, 0.25) is 0 Å². The van der Waals surface area contributed by atoms with Crippen LogP contribution in [0.4, 0.5) is 5.69 Å². The summed E-state index contributed by atoms with van der Waals surface area (Å²) < 4.78 is 1.71. The lowest BCUT2D eigenvalue weighted by Gasteiger charge is -2.14. The van der Waals surface area contributed by atoms with Crippen molar-refractivity contribution >= 4 is 11.6 Å². The molecule has 17 heavy (non-hydrogen) atoms. The molecule has 0 aliphatic heterocycles. The molecule has 0 fully saturated rings. The van der Waals surface area contributed by atoms with Crippen LogP contribution >= 0.6 is 0 Å². The number of nitrogen functional groups attached to an aromatic ring is 1. The number of hydrogen-bond donors (Lipinski definition) is 2. The normalized spacial score (nSPS) is 10.5. The number of nitrogens with zero attached hydrogens (tertiary/aromatic N) is 3. The molecule has 0 aliphatic rings. The van der Waals surface area contributed by atoms with Crippen molar-refractivity contribution in [3.05, 3.63) is 35.9 Å². The molecule has 2 heterocycles. The molecule has 2 rings (SSSR count). The van der Waals surface area contributed by atoms with Crippen molar-refractivity contribution in [2.45, 2.75) is 6.54 Å². The summed E-state index contributed by atoms with van der Waals surface area (Å²) in [4.78, 5) is 16.4. The highest BCUT2D eigenvalue weighted by molar-refractivity contribution is 5.93. The van der Waals surface area contributed by atoms with Gasteiger partial charge in [-0.3, -0.25) is 9.48 Å². The van der Waals surface area contributed by atoms with Crippen LogP contribution in [0.2, 0.25) is 0 Å². The van der Waals surface area contributed by atoms with Gasteiger partial charge in [0.25, 0.3) is 5.91 Å². The van der Waals surface area contributed by atoms with Gasteiger partial charge in [-0.25, -0.2) is 0 Å². The van der Waals surface area contributed by atoms with Gasteiger partial charge in [-0.05, 0) is 6.07 Å². The summed E-state index contributed by atoms with van der Waals surface area (Å²) in [6.07, 6.45) is 5.23. The van der Waals surface area contributed by atoms with E-state index in [1.54, 1.807) is 35.1 Å². The van der Waals surface area contributed by atoms with Gasteiger partial charge < -0.3 is 15.6 Å². The Morgan fingerprint density at radius 3 is 2.94 bits per heavy atom. The first-order chi connectivity index (χ1) is 8.06. The molecule has 0 aliphatic carbocycles. The van der Waals surface area contributed by atoms with Crippen molar-refractivity contribution in [1.29, 1.82) is 0 Å². The van der Waals surface area contributed by atoms with Crippen molar-refractivity contribution < 1.29 is 4.79 Å². The van der Waals surface area contributed by atoms with Crippen LogP contribution in [-0.2, 0) is 13.6 Å². The number of carbonyl (C=O) groups excluding carboxylic acids is 1. The third kappa shape index (κ3) is 2.47. The van der Waals surface area contributed by atoms with Crippen LogP contribution in [0.3, 0.4) is 0 Å². The smallest absolute Gasteiger partial charge is 0.270 e. The Morgan fingerprint density at radius 2 is 2.41 bits per heavy atom. The van der Waals surface area contributed by atoms with E-state index in [4.69, 9.17) is 5.73 Å². The van der Waals surface area contributed by atoms with E-state index in [-0.39, 0.29) is 5.91 Å². The van der Waals surface area contributed by atoms with Crippen LogP contribution in [0.15, 0.2) is 24.7 Å². The zero-order valence-electron chi connectivity index (χ0n) is 9.84. The Hall–Kier alpha value is -2.24. The number of nitrogens with one attached hydrogen (secondary N) is 1. The zero-order valence-corrected chi connectivity index (χ0v) is 9.84. The summed E-state index contributed by atoms with van der Waals surface area (Å²) in [6.45, 7) is 0.519. The molecule has 6 nitrogen and oxygen atoms in total. The fraction of sp³-hybridized carbons (Fsp3) is 0.273. The van der Waals surface area contributed by atoms with Crippen molar-refractivity contribution in [3.63, 3.8) is 0 Å². The lowest BCUT2D eigenvalue weighted by Crippen LogP contribution is -2.26. The number of aryl methyl sites for hydroxylation is 1. The van der Waals surface area contributed by atoms with E-state index < -0.39 is 0 Å². The predicted molar refractivity (Wildman–Crippen MR) is 64.2 cm³/mol. The number of carbonyl (C=O) groups is 1.